The monoisotopic (exact) mass is 170 g/mol. The highest BCUT2D eigenvalue weighted by molar-refractivity contribution is 5.77. The predicted octanol–water partition coefficient (Wildman–Crippen LogP) is 1.18. The first-order chi connectivity index (χ1) is 5.29. The van der Waals surface area contributed by atoms with Crippen LogP contribution in [-0.4, -0.2) is 21.8 Å². The minimum Gasteiger partial charge on any atom is -0.481 e. The van der Waals surface area contributed by atoms with Gasteiger partial charge in [0.25, 0.3) is 0 Å². The van der Waals surface area contributed by atoms with Gasteiger partial charge in [-0.05, 0) is 26.7 Å². The Morgan fingerprint density at radius 3 is 2.17 bits per heavy atom. The molecule has 0 bridgehead atoms. The number of carboxylic acid groups (broad SMARTS) is 1. The minimum absolute atomic E-state index is 0.370. The summed E-state index contributed by atoms with van der Waals surface area (Å²) in [6.07, 6.45) is 0.755. The van der Waals surface area contributed by atoms with Crippen LogP contribution in [-0.2, 0) is 4.79 Å². The molecule has 2 unspecified atom stereocenters. The topological polar surface area (TPSA) is 57.5 Å². The van der Waals surface area contributed by atoms with Crippen LogP contribution in [0.4, 0.5) is 0 Å². The first-order valence-corrected chi connectivity index (χ1v) is 3.92. The van der Waals surface area contributed by atoms with Crippen molar-refractivity contribution >= 4 is 5.97 Å². The van der Waals surface area contributed by atoms with Crippen molar-refractivity contribution in [2.45, 2.75) is 32.3 Å². The zero-order valence-corrected chi connectivity index (χ0v) is 7.42. The standard InChI is InChI=1S/C9H14O3/c1-6-4-8(2,7(10)11)9(3,12)5-6/h12H,1,4-5H2,2-3H3,(H,10,11). The molecule has 0 heterocycles. The molecule has 0 amide bonds. The van der Waals surface area contributed by atoms with Crippen LogP contribution in [0, 0.1) is 5.41 Å². The average Bonchev–Trinajstić information content (AvgIpc) is 2.02. The van der Waals surface area contributed by atoms with E-state index in [0.29, 0.717) is 12.8 Å². The van der Waals surface area contributed by atoms with E-state index < -0.39 is 17.0 Å². The Kier molecular flexibility index (Phi) is 1.80. The van der Waals surface area contributed by atoms with Gasteiger partial charge in [-0.25, -0.2) is 0 Å². The third-order valence-electron chi connectivity index (χ3n) is 2.86. The van der Waals surface area contributed by atoms with Gasteiger partial charge in [0.1, 0.15) is 0 Å². The fourth-order valence-corrected chi connectivity index (χ4v) is 1.74. The summed E-state index contributed by atoms with van der Waals surface area (Å²) in [5.74, 6) is -0.953. The van der Waals surface area contributed by atoms with Crippen molar-refractivity contribution in [2.75, 3.05) is 0 Å². The SMILES string of the molecule is C=C1CC(C)(O)C(C)(C(=O)O)C1. The van der Waals surface area contributed by atoms with Crippen LogP contribution < -0.4 is 0 Å². The number of hydrogen-bond acceptors (Lipinski definition) is 2. The lowest BCUT2D eigenvalue weighted by molar-refractivity contribution is -0.160. The second kappa shape index (κ2) is 2.33. The maximum atomic E-state index is 10.9. The lowest BCUT2D eigenvalue weighted by Crippen LogP contribution is -2.44. The molecule has 0 aromatic rings. The van der Waals surface area contributed by atoms with Crippen LogP contribution in [0.2, 0.25) is 0 Å². The van der Waals surface area contributed by atoms with Gasteiger partial charge in [0.15, 0.2) is 0 Å². The van der Waals surface area contributed by atoms with E-state index in [2.05, 4.69) is 6.58 Å². The zero-order valence-electron chi connectivity index (χ0n) is 7.42. The molecule has 1 fully saturated rings. The van der Waals surface area contributed by atoms with Crippen molar-refractivity contribution in [1.29, 1.82) is 0 Å². The van der Waals surface area contributed by atoms with E-state index in [1.807, 2.05) is 0 Å². The fraction of sp³-hybridized carbons (Fsp3) is 0.667. The number of carbonyl (C=O) groups is 1. The molecular formula is C9H14O3. The number of hydrogen-bond donors (Lipinski definition) is 2. The van der Waals surface area contributed by atoms with Crippen molar-refractivity contribution in [3.63, 3.8) is 0 Å². The second-order valence-electron chi connectivity index (χ2n) is 4.01. The van der Waals surface area contributed by atoms with Gasteiger partial charge in [0, 0.05) is 0 Å². The van der Waals surface area contributed by atoms with Crippen LogP contribution in [0.3, 0.4) is 0 Å². The largest absolute Gasteiger partial charge is 0.481 e. The first-order valence-electron chi connectivity index (χ1n) is 3.92. The Labute approximate surface area is 71.7 Å². The molecule has 0 spiro atoms. The molecule has 1 saturated carbocycles. The van der Waals surface area contributed by atoms with Crippen LogP contribution in [0.15, 0.2) is 12.2 Å². The summed E-state index contributed by atoms with van der Waals surface area (Å²) in [7, 11) is 0. The molecule has 0 aromatic carbocycles. The molecule has 12 heavy (non-hydrogen) atoms. The quantitative estimate of drug-likeness (QED) is 0.581. The molecule has 3 nitrogen and oxygen atoms in total. The molecular weight excluding hydrogens is 156 g/mol. The van der Waals surface area contributed by atoms with E-state index in [9.17, 15) is 9.90 Å². The molecule has 1 aliphatic rings. The Morgan fingerprint density at radius 2 is 2.00 bits per heavy atom. The van der Waals surface area contributed by atoms with Crippen molar-refractivity contribution in [1.82, 2.24) is 0 Å². The summed E-state index contributed by atoms with van der Waals surface area (Å²) in [6.45, 7) is 6.82. The van der Waals surface area contributed by atoms with E-state index in [1.165, 1.54) is 0 Å². The van der Waals surface area contributed by atoms with Crippen molar-refractivity contribution in [2.24, 2.45) is 5.41 Å². The van der Waals surface area contributed by atoms with Gasteiger partial charge in [-0.3, -0.25) is 4.79 Å². The van der Waals surface area contributed by atoms with Gasteiger partial charge in [-0.15, -0.1) is 0 Å². The van der Waals surface area contributed by atoms with E-state index in [0.717, 1.165) is 5.57 Å². The smallest absolute Gasteiger partial charge is 0.312 e. The van der Waals surface area contributed by atoms with E-state index in [4.69, 9.17) is 5.11 Å². The number of rotatable bonds is 1. The summed E-state index contributed by atoms with van der Waals surface area (Å²) in [5, 5.41) is 18.7. The minimum atomic E-state index is -1.16. The molecule has 1 rings (SSSR count). The molecule has 2 N–H and O–H groups in total. The molecule has 0 radical (unpaired) electrons. The van der Waals surface area contributed by atoms with Crippen molar-refractivity contribution in [3.8, 4) is 0 Å². The van der Waals surface area contributed by atoms with Gasteiger partial charge in [-0.1, -0.05) is 12.2 Å². The molecule has 1 aliphatic carbocycles. The maximum absolute atomic E-state index is 10.9. The van der Waals surface area contributed by atoms with Crippen LogP contribution in [0.25, 0.3) is 0 Å². The van der Waals surface area contributed by atoms with Crippen molar-refractivity contribution < 1.29 is 15.0 Å². The molecule has 0 saturated heterocycles. The lowest BCUT2D eigenvalue weighted by atomic mass is 9.77. The number of aliphatic carboxylic acids is 1. The third kappa shape index (κ3) is 1.05. The molecule has 68 valence electrons. The van der Waals surface area contributed by atoms with Gasteiger partial charge in [-0.2, -0.15) is 0 Å². The van der Waals surface area contributed by atoms with Gasteiger partial charge < -0.3 is 10.2 Å². The van der Waals surface area contributed by atoms with Gasteiger partial charge in [0.05, 0.1) is 11.0 Å². The normalized spacial score (nSPS) is 41.8. The first kappa shape index (κ1) is 9.26. The molecule has 0 aliphatic heterocycles. The van der Waals surface area contributed by atoms with Gasteiger partial charge >= 0.3 is 5.97 Å². The summed E-state index contributed by atoms with van der Waals surface area (Å²) in [5.41, 5.74) is -1.41. The Hall–Kier alpha value is -0.830. The van der Waals surface area contributed by atoms with Crippen LogP contribution >= 0.6 is 0 Å². The summed E-state index contributed by atoms with van der Waals surface area (Å²) in [4.78, 5) is 10.9. The molecule has 0 aromatic heterocycles. The van der Waals surface area contributed by atoms with Gasteiger partial charge in [0.2, 0.25) is 0 Å². The third-order valence-corrected chi connectivity index (χ3v) is 2.86. The van der Waals surface area contributed by atoms with Crippen molar-refractivity contribution in [3.05, 3.63) is 12.2 Å². The molecule has 3 heteroatoms. The highest BCUT2D eigenvalue weighted by Gasteiger charge is 2.54. The second-order valence-corrected chi connectivity index (χ2v) is 4.01. The summed E-state index contributed by atoms with van der Waals surface area (Å²) >= 11 is 0. The fourth-order valence-electron chi connectivity index (χ4n) is 1.74. The predicted molar refractivity (Wildman–Crippen MR) is 44.7 cm³/mol. The lowest BCUT2D eigenvalue weighted by Gasteiger charge is -2.31. The highest BCUT2D eigenvalue weighted by atomic mass is 16.4. The summed E-state index contributed by atoms with van der Waals surface area (Å²) < 4.78 is 0. The zero-order chi connectivity index (χ0) is 9.57. The average molecular weight is 170 g/mol. The number of aliphatic hydroxyl groups is 1. The molecule has 2 atom stereocenters. The van der Waals surface area contributed by atoms with E-state index in [-0.39, 0.29) is 0 Å². The Morgan fingerprint density at radius 1 is 1.50 bits per heavy atom. The maximum Gasteiger partial charge on any atom is 0.312 e. The Balaban J connectivity index is 3.05. The highest BCUT2D eigenvalue weighted by Crippen LogP contribution is 2.48. The van der Waals surface area contributed by atoms with Crippen LogP contribution in [0.5, 0.6) is 0 Å². The van der Waals surface area contributed by atoms with E-state index in [1.54, 1.807) is 13.8 Å². The number of carboxylic acids is 1. The van der Waals surface area contributed by atoms with E-state index >= 15 is 0 Å². The summed E-state index contributed by atoms with van der Waals surface area (Å²) in [6, 6.07) is 0. The Bertz CT molecular complexity index is 242. The van der Waals surface area contributed by atoms with Crippen LogP contribution in [0.1, 0.15) is 26.7 Å².